The highest BCUT2D eigenvalue weighted by molar-refractivity contribution is 7.15. The van der Waals surface area contributed by atoms with E-state index >= 15 is 0 Å². The van der Waals surface area contributed by atoms with Crippen LogP contribution >= 0.6 is 22.9 Å². The van der Waals surface area contributed by atoms with Crippen LogP contribution in [0.1, 0.15) is 30.5 Å². The number of amides is 1. The van der Waals surface area contributed by atoms with E-state index in [1.165, 1.54) is 35.6 Å². The second-order valence-electron chi connectivity index (χ2n) is 6.06. The van der Waals surface area contributed by atoms with Gasteiger partial charge in [-0.15, -0.1) is 10.2 Å². The zero-order chi connectivity index (χ0) is 20.8. The highest BCUT2D eigenvalue weighted by Crippen LogP contribution is 2.27. The van der Waals surface area contributed by atoms with Gasteiger partial charge in [-0.25, -0.2) is 4.39 Å². The zero-order valence-corrected chi connectivity index (χ0v) is 17.0. The van der Waals surface area contributed by atoms with Crippen LogP contribution in [-0.4, -0.2) is 16.1 Å². The first-order valence-corrected chi connectivity index (χ1v) is 10.0. The Morgan fingerprint density at radius 2 is 2.21 bits per heavy atom. The predicted octanol–water partition coefficient (Wildman–Crippen LogP) is 5.48. The standard InChI is InChI=1S/C20H16ClFN4O2S/c1-2-3-4-18-25-26-20(29-18)24-19(27)13(11-23)9-14-6-8-17(28-14)12-5-7-16(22)15(21)10-12/h5-10H,2-4H2,1H3,(H,24,26,27)/b13-9-. The van der Waals surface area contributed by atoms with E-state index in [0.717, 1.165) is 24.3 Å². The molecule has 29 heavy (non-hydrogen) atoms. The number of halogens is 2. The number of benzene rings is 1. The van der Waals surface area contributed by atoms with Gasteiger partial charge in [-0.3, -0.25) is 10.1 Å². The Labute approximate surface area is 175 Å². The predicted molar refractivity (Wildman–Crippen MR) is 110 cm³/mol. The van der Waals surface area contributed by atoms with E-state index in [0.29, 0.717) is 22.2 Å². The highest BCUT2D eigenvalue weighted by Gasteiger charge is 2.14. The molecule has 1 N–H and O–H groups in total. The molecular weight excluding hydrogens is 415 g/mol. The van der Waals surface area contributed by atoms with Gasteiger partial charge in [0.15, 0.2) is 0 Å². The van der Waals surface area contributed by atoms with Gasteiger partial charge in [0.05, 0.1) is 5.02 Å². The molecule has 0 saturated heterocycles. The Bertz CT molecular complexity index is 1100. The summed E-state index contributed by atoms with van der Waals surface area (Å²) in [6.07, 6.45) is 4.15. The highest BCUT2D eigenvalue weighted by atomic mass is 35.5. The molecule has 0 saturated carbocycles. The van der Waals surface area contributed by atoms with E-state index in [1.54, 1.807) is 12.1 Å². The number of carbonyl (C=O) groups excluding carboxylic acids is 1. The molecule has 3 aromatic rings. The lowest BCUT2D eigenvalue weighted by molar-refractivity contribution is -0.112. The van der Waals surface area contributed by atoms with Crippen molar-refractivity contribution >= 4 is 40.1 Å². The first kappa shape index (κ1) is 20.7. The van der Waals surface area contributed by atoms with Crippen molar-refractivity contribution in [1.82, 2.24) is 10.2 Å². The summed E-state index contributed by atoms with van der Waals surface area (Å²) < 4.78 is 18.9. The van der Waals surface area contributed by atoms with Gasteiger partial charge in [-0.1, -0.05) is 36.3 Å². The van der Waals surface area contributed by atoms with Crippen LogP contribution in [0.15, 0.2) is 40.3 Å². The van der Waals surface area contributed by atoms with E-state index in [4.69, 9.17) is 16.0 Å². The summed E-state index contributed by atoms with van der Waals surface area (Å²) in [6.45, 7) is 2.08. The Morgan fingerprint density at radius 3 is 2.93 bits per heavy atom. The van der Waals surface area contributed by atoms with E-state index in [9.17, 15) is 14.4 Å². The summed E-state index contributed by atoms with van der Waals surface area (Å²) in [6, 6.07) is 9.30. The fraction of sp³-hybridized carbons (Fsp3) is 0.200. The van der Waals surface area contributed by atoms with Gasteiger partial charge in [0.25, 0.3) is 5.91 Å². The summed E-state index contributed by atoms with van der Waals surface area (Å²) in [5.41, 5.74) is 0.431. The molecule has 0 fully saturated rings. The van der Waals surface area contributed by atoms with E-state index in [-0.39, 0.29) is 10.6 Å². The second-order valence-corrected chi connectivity index (χ2v) is 7.53. The number of nitrogens with zero attached hydrogens (tertiary/aromatic N) is 3. The molecule has 148 valence electrons. The smallest absolute Gasteiger partial charge is 0.268 e. The molecule has 1 aromatic carbocycles. The number of aromatic nitrogens is 2. The first-order valence-electron chi connectivity index (χ1n) is 8.81. The maximum Gasteiger partial charge on any atom is 0.268 e. The zero-order valence-electron chi connectivity index (χ0n) is 15.4. The normalized spacial score (nSPS) is 11.3. The molecule has 0 radical (unpaired) electrons. The lowest BCUT2D eigenvalue weighted by Crippen LogP contribution is -2.13. The second kappa shape index (κ2) is 9.45. The molecule has 2 heterocycles. The third-order valence-corrected chi connectivity index (χ3v) is 5.10. The van der Waals surface area contributed by atoms with Gasteiger partial charge in [0.2, 0.25) is 5.13 Å². The van der Waals surface area contributed by atoms with Crippen LogP contribution in [0.5, 0.6) is 0 Å². The fourth-order valence-corrected chi connectivity index (χ4v) is 3.38. The molecule has 0 bridgehead atoms. The van der Waals surface area contributed by atoms with Crippen molar-refractivity contribution in [3.8, 4) is 17.4 Å². The number of unbranched alkanes of at least 4 members (excludes halogenated alkanes) is 1. The van der Waals surface area contributed by atoms with Crippen molar-refractivity contribution in [3.63, 3.8) is 0 Å². The summed E-state index contributed by atoms with van der Waals surface area (Å²) in [5, 5.41) is 21.0. The first-order chi connectivity index (χ1) is 14.0. The molecule has 1 amide bonds. The third-order valence-electron chi connectivity index (χ3n) is 3.91. The summed E-state index contributed by atoms with van der Waals surface area (Å²) in [5.74, 6) is -0.401. The number of furan rings is 1. The number of hydrogen-bond acceptors (Lipinski definition) is 6. The molecule has 6 nitrogen and oxygen atoms in total. The molecule has 0 aliphatic heterocycles. The average Bonchev–Trinajstić information content (AvgIpc) is 3.36. The van der Waals surface area contributed by atoms with Crippen molar-refractivity contribution in [2.24, 2.45) is 0 Å². The molecular formula is C20H16ClFN4O2S. The van der Waals surface area contributed by atoms with Gasteiger partial charge >= 0.3 is 0 Å². The maximum absolute atomic E-state index is 13.3. The van der Waals surface area contributed by atoms with Crippen molar-refractivity contribution in [1.29, 1.82) is 5.26 Å². The largest absolute Gasteiger partial charge is 0.457 e. The van der Waals surface area contributed by atoms with Gasteiger partial charge < -0.3 is 4.42 Å². The number of carbonyl (C=O) groups is 1. The maximum atomic E-state index is 13.3. The third kappa shape index (κ3) is 5.28. The van der Waals surface area contributed by atoms with Crippen LogP contribution in [0, 0.1) is 17.1 Å². The minimum absolute atomic E-state index is 0.0246. The molecule has 0 atom stereocenters. The summed E-state index contributed by atoms with van der Waals surface area (Å²) >= 11 is 7.07. The van der Waals surface area contributed by atoms with Crippen molar-refractivity contribution < 1.29 is 13.6 Å². The van der Waals surface area contributed by atoms with E-state index < -0.39 is 11.7 Å². The molecule has 0 aliphatic carbocycles. The molecule has 3 rings (SSSR count). The van der Waals surface area contributed by atoms with Crippen molar-refractivity contribution in [3.05, 3.63) is 57.5 Å². The Morgan fingerprint density at radius 1 is 1.38 bits per heavy atom. The van der Waals surface area contributed by atoms with Crippen LogP contribution in [0.4, 0.5) is 9.52 Å². The van der Waals surface area contributed by atoms with Crippen LogP contribution in [-0.2, 0) is 11.2 Å². The number of anilines is 1. The Hall–Kier alpha value is -3.02. The van der Waals surface area contributed by atoms with Gasteiger partial charge in [-0.2, -0.15) is 5.26 Å². The van der Waals surface area contributed by atoms with Crippen LogP contribution < -0.4 is 5.32 Å². The monoisotopic (exact) mass is 430 g/mol. The Balaban J connectivity index is 1.73. The van der Waals surface area contributed by atoms with Gasteiger partial charge in [0, 0.05) is 18.1 Å². The number of rotatable bonds is 7. The van der Waals surface area contributed by atoms with E-state index in [1.807, 2.05) is 6.07 Å². The SMILES string of the molecule is CCCCc1nnc(NC(=O)/C(C#N)=C\c2ccc(-c3ccc(F)c(Cl)c3)o2)s1. The molecule has 9 heteroatoms. The van der Waals surface area contributed by atoms with Crippen LogP contribution in [0.2, 0.25) is 5.02 Å². The molecule has 0 aliphatic rings. The van der Waals surface area contributed by atoms with Gasteiger partial charge in [0.1, 0.15) is 34.0 Å². The molecule has 0 spiro atoms. The fourth-order valence-electron chi connectivity index (χ4n) is 2.42. The summed E-state index contributed by atoms with van der Waals surface area (Å²) in [7, 11) is 0. The quantitative estimate of drug-likeness (QED) is 0.396. The number of nitriles is 1. The lowest BCUT2D eigenvalue weighted by atomic mass is 10.2. The Kier molecular flexibility index (Phi) is 6.75. The summed E-state index contributed by atoms with van der Waals surface area (Å²) in [4.78, 5) is 12.4. The topological polar surface area (TPSA) is 91.8 Å². The molecule has 0 unspecified atom stereocenters. The van der Waals surface area contributed by atoms with Crippen LogP contribution in [0.3, 0.4) is 0 Å². The van der Waals surface area contributed by atoms with Crippen molar-refractivity contribution in [2.75, 3.05) is 5.32 Å². The number of nitrogens with one attached hydrogen (secondary N) is 1. The average molecular weight is 431 g/mol. The van der Waals surface area contributed by atoms with E-state index in [2.05, 4.69) is 22.4 Å². The minimum atomic E-state index is -0.603. The molecule has 2 aromatic heterocycles. The van der Waals surface area contributed by atoms with Crippen LogP contribution in [0.25, 0.3) is 17.4 Å². The van der Waals surface area contributed by atoms with Gasteiger partial charge in [-0.05, 0) is 36.8 Å². The van der Waals surface area contributed by atoms with Crippen molar-refractivity contribution in [2.45, 2.75) is 26.2 Å². The number of hydrogen-bond donors (Lipinski definition) is 1. The minimum Gasteiger partial charge on any atom is -0.457 e. The number of aryl methyl sites for hydroxylation is 1. The lowest BCUT2D eigenvalue weighted by Gasteiger charge is -2.00.